The number of anilines is 1. The Morgan fingerprint density at radius 2 is 2.12 bits per heavy atom. The van der Waals surface area contributed by atoms with Crippen molar-refractivity contribution in [3.63, 3.8) is 0 Å². The molecule has 1 N–H and O–H groups in total. The average Bonchev–Trinajstić information content (AvgIpc) is 3.35. The van der Waals surface area contributed by atoms with Gasteiger partial charge in [0.25, 0.3) is 5.91 Å². The van der Waals surface area contributed by atoms with Gasteiger partial charge >= 0.3 is 0 Å². The summed E-state index contributed by atoms with van der Waals surface area (Å²) in [5, 5.41) is 2.87. The van der Waals surface area contributed by atoms with E-state index in [4.69, 9.17) is 14.2 Å². The molecule has 2 heterocycles. The van der Waals surface area contributed by atoms with Crippen molar-refractivity contribution in [2.24, 2.45) is 0 Å². The van der Waals surface area contributed by atoms with Gasteiger partial charge in [0.2, 0.25) is 5.91 Å². The Morgan fingerprint density at radius 3 is 2.88 bits per heavy atom. The zero-order valence-corrected chi connectivity index (χ0v) is 19.0. The van der Waals surface area contributed by atoms with Crippen LogP contribution in [0.15, 0.2) is 49.1 Å². The van der Waals surface area contributed by atoms with Gasteiger partial charge in [0.05, 0.1) is 13.2 Å². The number of nitrogens with zero attached hydrogens (tertiary/aromatic N) is 1. The lowest BCUT2D eigenvalue weighted by molar-refractivity contribution is -0.116. The number of aryl methyl sites for hydroxylation is 1. The molecule has 0 saturated carbocycles. The van der Waals surface area contributed by atoms with Crippen LogP contribution in [0, 0.1) is 0 Å². The summed E-state index contributed by atoms with van der Waals surface area (Å²) >= 11 is 0. The lowest BCUT2D eigenvalue weighted by Gasteiger charge is -2.27. The maximum absolute atomic E-state index is 13.6. The summed E-state index contributed by atoms with van der Waals surface area (Å²) in [6, 6.07) is 11.2. The third-order valence-corrected chi connectivity index (χ3v) is 5.94. The first-order valence-corrected chi connectivity index (χ1v) is 11.3. The Balaban J connectivity index is 1.57. The summed E-state index contributed by atoms with van der Waals surface area (Å²) in [6.45, 7) is 5.73. The van der Waals surface area contributed by atoms with Crippen LogP contribution in [0.3, 0.4) is 0 Å². The van der Waals surface area contributed by atoms with Crippen LogP contribution < -0.4 is 14.8 Å². The van der Waals surface area contributed by atoms with Crippen molar-refractivity contribution in [2.45, 2.75) is 38.3 Å². The predicted octanol–water partition coefficient (Wildman–Crippen LogP) is 3.97. The van der Waals surface area contributed by atoms with Crippen LogP contribution in [0.1, 0.15) is 40.7 Å². The van der Waals surface area contributed by atoms with Gasteiger partial charge in [-0.05, 0) is 60.7 Å². The topological polar surface area (TPSA) is 77.1 Å². The maximum atomic E-state index is 13.6. The summed E-state index contributed by atoms with van der Waals surface area (Å²) in [5.41, 5.74) is 3.33. The van der Waals surface area contributed by atoms with Crippen molar-refractivity contribution in [1.29, 1.82) is 0 Å². The Labute approximate surface area is 194 Å². The van der Waals surface area contributed by atoms with Gasteiger partial charge < -0.3 is 24.4 Å². The van der Waals surface area contributed by atoms with E-state index in [1.807, 2.05) is 35.2 Å². The van der Waals surface area contributed by atoms with Crippen molar-refractivity contribution in [3.05, 3.63) is 65.7 Å². The molecule has 1 unspecified atom stereocenters. The average molecular weight is 451 g/mol. The van der Waals surface area contributed by atoms with Gasteiger partial charge in [-0.1, -0.05) is 18.7 Å². The summed E-state index contributed by atoms with van der Waals surface area (Å²) in [4.78, 5) is 27.1. The van der Waals surface area contributed by atoms with Gasteiger partial charge in [-0.3, -0.25) is 9.59 Å². The highest BCUT2D eigenvalue weighted by Gasteiger charge is 2.25. The molecule has 2 aromatic rings. The number of carbonyl (C=O) groups excluding carboxylic acids is 2. The second-order valence-electron chi connectivity index (χ2n) is 8.33. The highest BCUT2D eigenvalue weighted by molar-refractivity contribution is 5.98. The van der Waals surface area contributed by atoms with Gasteiger partial charge in [0.1, 0.15) is 6.61 Å². The molecule has 0 radical (unpaired) electrons. The van der Waals surface area contributed by atoms with Crippen molar-refractivity contribution in [3.8, 4) is 11.5 Å². The van der Waals surface area contributed by atoms with Crippen molar-refractivity contribution < 1.29 is 23.8 Å². The lowest BCUT2D eigenvalue weighted by Crippen LogP contribution is -2.37. The molecular weight excluding hydrogens is 420 g/mol. The lowest BCUT2D eigenvalue weighted by atomic mass is 9.99. The molecule has 2 aliphatic rings. The van der Waals surface area contributed by atoms with Crippen molar-refractivity contribution in [2.75, 3.05) is 32.2 Å². The molecule has 2 aliphatic heterocycles. The molecule has 0 aromatic heterocycles. The minimum Gasteiger partial charge on any atom is -0.493 e. The standard InChI is InChI=1S/C26H30N2O5/c1-3-12-33-23-10-6-18(14-24(23)31-2)16-28(17-21-5-4-13-32-21)26(30)20-7-9-22-19(15-20)8-11-25(29)27-22/h3,6-7,9-10,14-15,21H,1,4-5,8,11-13,16-17H2,2H3,(H,27,29). The Bertz CT molecular complexity index is 1030. The molecule has 174 valence electrons. The molecule has 0 spiro atoms. The number of hydrogen-bond donors (Lipinski definition) is 1. The molecular formula is C26H30N2O5. The first-order chi connectivity index (χ1) is 16.1. The molecule has 33 heavy (non-hydrogen) atoms. The van der Waals surface area contributed by atoms with Crippen LogP contribution in [0.25, 0.3) is 0 Å². The normalized spacial score (nSPS) is 17.1. The minimum absolute atomic E-state index is 0.0102. The molecule has 0 aliphatic carbocycles. The van der Waals surface area contributed by atoms with Crippen LogP contribution in [0.2, 0.25) is 0 Å². The summed E-state index contributed by atoms with van der Waals surface area (Å²) in [6.07, 6.45) is 4.73. The van der Waals surface area contributed by atoms with Crippen LogP contribution >= 0.6 is 0 Å². The Hall–Kier alpha value is -3.32. The number of nitrogens with one attached hydrogen (secondary N) is 1. The highest BCUT2D eigenvalue weighted by atomic mass is 16.5. The number of methoxy groups -OCH3 is 1. The summed E-state index contributed by atoms with van der Waals surface area (Å²) < 4.78 is 17.0. The van der Waals surface area contributed by atoms with E-state index in [1.54, 1.807) is 19.3 Å². The third-order valence-electron chi connectivity index (χ3n) is 5.94. The molecule has 1 fully saturated rings. The molecule has 2 aromatic carbocycles. The molecule has 0 bridgehead atoms. The molecule has 1 atom stereocenters. The van der Waals surface area contributed by atoms with Crippen LogP contribution in [0.5, 0.6) is 11.5 Å². The quantitative estimate of drug-likeness (QED) is 0.585. The number of fused-ring (bicyclic) bond motifs is 1. The fourth-order valence-electron chi connectivity index (χ4n) is 4.25. The van der Waals surface area contributed by atoms with E-state index in [-0.39, 0.29) is 17.9 Å². The number of benzene rings is 2. The van der Waals surface area contributed by atoms with E-state index in [0.29, 0.717) is 49.6 Å². The van der Waals surface area contributed by atoms with E-state index in [2.05, 4.69) is 11.9 Å². The van der Waals surface area contributed by atoms with Crippen LogP contribution in [-0.2, 0) is 22.5 Å². The number of hydrogen-bond acceptors (Lipinski definition) is 5. The number of rotatable bonds is 9. The predicted molar refractivity (Wildman–Crippen MR) is 126 cm³/mol. The monoisotopic (exact) mass is 450 g/mol. The number of carbonyl (C=O) groups is 2. The van der Waals surface area contributed by atoms with Gasteiger partial charge in [-0.15, -0.1) is 0 Å². The summed E-state index contributed by atoms with van der Waals surface area (Å²) in [7, 11) is 1.60. The fourth-order valence-corrected chi connectivity index (χ4v) is 4.25. The van der Waals surface area contributed by atoms with Crippen molar-refractivity contribution >= 4 is 17.5 Å². The third kappa shape index (κ3) is 5.54. The molecule has 1 saturated heterocycles. The molecule has 7 nitrogen and oxygen atoms in total. The smallest absolute Gasteiger partial charge is 0.254 e. The molecule has 2 amide bonds. The number of ether oxygens (including phenoxy) is 3. The van der Waals surface area contributed by atoms with E-state index in [9.17, 15) is 9.59 Å². The fraction of sp³-hybridized carbons (Fsp3) is 0.385. The van der Waals surface area contributed by atoms with Gasteiger partial charge in [-0.25, -0.2) is 0 Å². The first kappa shape index (κ1) is 22.9. The van der Waals surface area contributed by atoms with Crippen molar-refractivity contribution in [1.82, 2.24) is 4.90 Å². The Kier molecular flexibility index (Phi) is 7.29. The van der Waals surface area contributed by atoms with E-state index in [0.717, 1.165) is 36.3 Å². The Morgan fingerprint density at radius 1 is 1.24 bits per heavy atom. The van der Waals surface area contributed by atoms with Crippen LogP contribution in [-0.4, -0.2) is 49.7 Å². The first-order valence-electron chi connectivity index (χ1n) is 11.3. The zero-order chi connectivity index (χ0) is 23.2. The number of amides is 2. The minimum atomic E-state index is -0.0591. The maximum Gasteiger partial charge on any atom is 0.254 e. The molecule has 7 heteroatoms. The summed E-state index contributed by atoms with van der Waals surface area (Å²) in [5.74, 6) is 1.20. The second kappa shape index (κ2) is 10.5. The van der Waals surface area contributed by atoms with Crippen LogP contribution in [0.4, 0.5) is 5.69 Å². The highest BCUT2D eigenvalue weighted by Crippen LogP contribution is 2.30. The zero-order valence-electron chi connectivity index (χ0n) is 19.0. The van der Waals surface area contributed by atoms with E-state index >= 15 is 0 Å². The van der Waals surface area contributed by atoms with Gasteiger partial charge in [0, 0.05) is 37.4 Å². The van der Waals surface area contributed by atoms with E-state index in [1.165, 1.54) is 0 Å². The van der Waals surface area contributed by atoms with Gasteiger partial charge in [-0.2, -0.15) is 0 Å². The largest absolute Gasteiger partial charge is 0.493 e. The molecule has 4 rings (SSSR count). The van der Waals surface area contributed by atoms with E-state index < -0.39 is 0 Å². The van der Waals surface area contributed by atoms with Gasteiger partial charge in [0.15, 0.2) is 11.5 Å². The second-order valence-corrected chi connectivity index (χ2v) is 8.33. The SMILES string of the molecule is C=CCOc1ccc(CN(CC2CCCO2)C(=O)c2ccc3c(c2)CCC(=O)N3)cc1OC.